The zero-order valence-corrected chi connectivity index (χ0v) is 16.9. The molecule has 0 bridgehead atoms. The van der Waals surface area contributed by atoms with Crippen molar-refractivity contribution >= 4 is 43.5 Å². The average Bonchev–Trinajstić information content (AvgIpc) is 2.52. The molecule has 0 saturated heterocycles. The molecule has 0 aliphatic heterocycles. The summed E-state index contributed by atoms with van der Waals surface area (Å²) in [5.74, 6) is 0.336. The lowest BCUT2D eigenvalue weighted by Crippen LogP contribution is -2.25. The fourth-order valence-corrected chi connectivity index (χ4v) is 3.60. The normalized spacial score (nSPS) is 11.3. The molecule has 1 amide bonds. The van der Waals surface area contributed by atoms with E-state index >= 15 is 0 Å². The highest BCUT2D eigenvalue weighted by molar-refractivity contribution is 9.11. The number of amides is 1. The number of benzene rings is 2. The highest BCUT2D eigenvalue weighted by Gasteiger charge is 2.09. The van der Waals surface area contributed by atoms with Crippen LogP contribution in [-0.2, 0) is 4.79 Å². The number of hydrogen-bond acceptors (Lipinski definition) is 3. The summed E-state index contributed by atoms with van der Waals surface area (Å²) >= 11 is 6.84. The third-order valence-corrected chi connectivity index (χ3v) is 4.41. The first-order valence-corrected chi connectivity index (χ1v) is 8.94. The molecule has 1 N–H and O–H groups in total. The maximum Gasteiger partial charge on any atom is 0.277 e. The summed E-state index contributed by atoms with van der Waals surface area (Å²) in [6.45, 7) is 5.69. The number of carbonyl (C=O) groups excluding carboxylic acids is 1. The Hall–Kier alpha value is -1.66. The minimum Gasteiger partial charge on any atom is -0.482 e. The molecule has 2 aromatic rings. The summed E-state index contributed by atoms with van der Waals surface area (Å²) in [6.07, 6.45) is 0. The molecule has 0 fully saturated rings. The van der Waals surface area contributed by atoms with E-state index in [1.165, 1.54) is 5.56 Å². The Morgan fingerprint density at radius 3 is 2.46 bits per heavy atom. The van der Waals surface area contributed by atoms with Gasteiger partial charge < -0.3 is 4.74 Å². The molecule has 126 valence electrons. The summed E-state index contributed by atoms with van der Waals surface area (Å²) in [7, 11) is 0. The number of nitrogens with zero attached hydrogens (tertiary/aromatic N) is 1. The number of halogens is 2. The topological polar surface area (TPSA) is 50.7 Å². The van der Waals surface area contributed by atoms with Gasteiger partial charge in [0, 0.05) is 4.47 Å². The van der Waals surface area contributed by atoms with Crippen LogP contribution < -0.4 is 10.2 Å². The van der Waals surface area contributed by atoms with E-state index in [-0.39, 0.29) is 12.5 Å². The molecule has 2 aromatic carbocycles. The van der Waals surface area contributed by atoms with E-state index in [1.807, 2.05) is 57.2 Å². The van der Waals surface area contributed by atoms with Crippen LogP contribution in [0.25, 0.3) is 0 Å². The second kappa shape index (κ2) is 8.44. The van der Waals surface area contributed by atoms with Crippen LogP contribution in [0.5, 0.6) is 5.75 Å². The van der Waals surface area contributed by atoms with Gasteiger partial charge in [0.2, 0.25) is 0 Å². The maximum absolute atomic E-state index is 11.9. The SMILES string of the molecule is C/C(=N/NC(=O)COc1c(C)cc(Br)cc1Br)c1ccc(C)cc1. The van der Waals surface area contributed by atoms with Crippen LogP contribution in [0.3, 0.4) is 0 Å². The van der Waals surface area contributed by atoms with E-state index in [0.717, 1.165) is 25.8 Å². The molecule has 0 aromatic heterocycles. The number of rotatable bonds is 5. The van der Waals surface area contributed by atoms with Crippen LogP contribution in [0.2, 0.25) is 0 Å². The van der Waals surface area contributed by atoms with Crippen LogP contribution in [0.1, 0.15) is 23.6 Å². The van der Waals surface area contributed by atoms with E-state index in [9.17, 15) is 4.79 Å². The molecule has 0 heterocycles. The van der Waals surface area contributed by atoms with Gasteiger partial charge in [-0.05, 0) is 60.0 Å². The summed E-state index contributed by atoms with van der Waals surface area (Å²) in [5.41, 5.74) is 6.34. The van der Waals surface area contributed by atoms with Crippen molar-refractivity contribution in [3.63, 3.8) is 0 Å². The van der Waals surface area contributed by atoms with Crippen LogP contribution in [0, 0.1) is 13.8 Å². The molecule has 0 spiro atoms. The van der Waals surface area contributed by atoms with Gasteiger partial charge in [0.15, 0.2) is 6.61 Å². The Bertz CT molecular complexity index is 748. The standard InChI is InChI=1S/C18H18Br2N2O2/c1-11-4-6-14(7-5-11)13(3)21-22-17(23)10-24-18-12(2)8-15(19)9-16(18)20/h4-9H,10H2,1-3H3,(H,22,23)/b21-13-. The first-order valence-electron chi connectivity index (χ1n) is 7.35. The molecule has 0 aliphatic carbocycles. The number of hydrazone groups is 1. The molecular formula is C18H18Br2N2O2. The number of ether oxygens (including phenoxy) is 1. The van der Waals surface area contributed by atoms with Crippen molar-refractivity contribution in [2.75, 3.05) is 6.61 Å². The van der Waals surface area contributed by atoms with Gasteiger partial charge in [0.25, 0.3) is 5.91 Å². The first-order chi connectivity index (χ1) is 11.4. The Morgan fingerprint density at radius 1 is 1.17 bits per heavy atom. The Morgan fingerprint density at radius 2 is 1.83 bits per heavy atom. The lowest BCUT2D eigenvalue weighted by Gasteiger charge is -2.11. The van der Waals surface area contributed by atoms with Crippen molar-refractivity contribution in [2.24, 2.45) is 5.10 Å². The van der Waals surface area contributed by atoms with Crippen molar-refractivity contribution in [3.8, 4) is 5.75 Å². The van der Waals surface area contributed by atoms with Crippen molar-refractivity contribution in [1.29, 1.82) is 0 Å². The van der Waals surface area contributed by atoms with Gasteiger partial charge in [-0.3, -0.25) is 4.79 Å². The van der Waals surface area contributed by atoms with Gasteiger partial charge in [-0.2, -0.15) is 5.10 Å². The average molecular weight is 454 g/mol. The Kier molecular flexibility index (Phi) is 6.57. The van der Waals surface area contributed by atoms with Crippen LogP contribution in [-0.4, -0.2) is 18.2 Å². The molecule has 2 rings (SSSR count). The maximum atomic E-state index is 11.9. The predicted molar refractivity (Wildman–Crippen MR) is 104 cm³/mol. The Labute approximate surface area is 158 Å². The summed E-state index contributed by atoms with van der Waals surface area (Å²) in [6, 6.07) is 11.8. The second-order valence-electron chi connectivity index (χ2n) is 5.42. The third-order valence-electron chi connectivity index (χ3n) is 3.36. The monoisotopic (exact) mass is 452 g/mol. The first kappa shape index (κ1) is 18.7. The zero-order valence-electron chi connectivity index (χ0n) is 13.7. The molecule has 24 heavy (non-hydrogen) atoms. The fourth-order valence-electron chi connectivity index (χ4n) is 2.05. The van der Waals surface area contributed by atoms with Crippen molar-refractivity contribution < 1.29 is 9.53 Å². The molecule has 4 nitrogen and oxygen atoms in total. The quantitative estimate of drug-likeness (QED) is 0.524. The molecule has 0 unspecified atom stereocenters. The number of aryl methyl sites for hydroxylation is 2. The van der Waals surface area contributed by atoms with E-state index < -0.39 is 0 Å². The lowest BCUT2D eigenvalue weighted by atomic mass is 10.1. The molecule has 6 heteroatoms. The van der Waals surface area contributed by atoms with E-state index in [2.05, 4.69) is 42.4 Å². The zero-order chi connectivity index (χ0) is 17.7. The highest BCUT2D eigenvalue weighted by Crippen LogP contribution is 2.32. The van der Waals surface area contributed by atoms with Gasteiger partial charge in [-0.1, -0.05) is 45.8 Å². The smallest absolute Gasteiger partial charge is 0.277 e. The van der Waals surface area contributed by atoms with E-state index in [1.54, 1.807) is 0 Å². The van der Waals surface area contributed by atoms with Crippen LogP contribution >= 0.6 is 31.9 Å². The lowest BCUT2D eigenvalue weighted by molar-refractivity contribution is -0.123. The van der Waals surface area contributed by atoms with Gasteiger partial charge in [0.05, 0.1) is 10.2 Å². The van der Waals surface area contributed by atoms with Crippen LogP contribution in [0.15, 0.2) is 50.4 Å². The third kappa shape index (κ3) is 5.18. The molecule has 0 saturated carbocycles. The van der Waals surface area contributed by atoms with Crippen molar-refractivity contribution in [2.45, 2.75) is 20.8 Å². The fraction of sp³-hybridized carbons (Fsp3) is 0.222. The highest BCUT2D eigenvalue weighted by atomic mass is 79.9. The molecule has 0 atom stereocenters. The predicted octanol–water partition coefficient (Wildman–Crippen LogP) is 4.75. The van der Waals surface area contributed by atoms with Gasteiger partial charge in [0.1, 0.15) is 5.75 Å². The van der Waals surface area contributed by atoms with E-state index in [0.29, 0.717) is 5.75 Å². The van der Waals surface area contributed by atoms with E-state index in [4.69, 9.17) is 4.74 Å². The number of hydrogen-bond donors (Lipinski definition) is 1. The van der Waals surface area contributed by atoms with Crippen LogP contribution in [0.4, 0.5) is 0 Å². The molecule has 0 aliphatic rings. The minimum atomic E-state index is -0.310. The van der Waals surface area contributed by atoms with Gasteiger partial charge in [-0.25, -0.2) is 5.43 Å². The van der Waals surface area contributed by atoms with Gasteiger partial charge >= 0.3 is 0 Å². The van der Waals surface area contributed by atoms with Crippen molar-refractivity contribution in [3.05, 3.63) is 62.0 Å². The second-order valence-corrected chi connectivity index (χ2v) is 7.19. The summed E-state index contributed by atoms with van der Waals surface area (Å²) in [4.78, 5) is 11.9. The summed E-state index contributed by atoms with van der Waals surface area (Å²) in [5, 5.41) is 4.11. The number of carbonyl (C=O) groups is 1. The van der Waals surface area contributed by atoms with Gasteiger partial charge in [-0.15, -0.1) is 0 Å². The number of nitrogens with one attached hydrogen (secondary N) is 1. The summed E-state index contributed by atoms with van der Waals surface area (Å²) < 4.78 is 7.33. The molecular weight excluding hydrogens is 436 g/mol. The Balaban J connectivity index is 1.94. The van der Waals surface area contributed by atoms with Crippen molar-refractivity contribution in [1.82, 2.24) is 5.43 Å². The minimum absolute atomic E-state index is 0.105. The molecule has 0 radical (unpaired) electrons. The largest absolute Gasteiger partial charge is 0.482 e.